The standard InChI is InChI=1S/C15H16FN3O2S/c1-2-3-7-17-14(21)12-9-22-15(18-12)19-13(20)10-5-4-6-11(16)8-10/h4-6,8-9H,2-3,7H2,1H3,(H,17,21)(H,18,19,20). The molecule has 5 nitrogen and oxygen atoms in total. The number of thiazole rings is 1. The van der Waals surface area contributed by atoms with Gasteiger partial charge >= 0.3 is 0 Å². The van der Waals surface area contributed by atoms with E-state index in [-0.39, 0.29) is 17.2 Å². The van der Waals surface area contributed by atoms with Crippen molar-refractivity contribution >= 4 is 28.3 Å². The van der Waals surface area contributed by atoms with Gasteiger partial charge in [0.25, 0.3) is 11.8 Å². The zero-order valence-electron chi connectivity index (χ0n) is 12.1. The quantitative estimate of drug-likeness (QED) is 0.803. The van der Waals surface area contributed by atoms with Gasteiger partial charge in [-0.05, 0) is 24.6 Å². The molecule has 2 N–H and O–H groups in total. The maximum Gasteiger partial charge on any atom is 0.270 e. The van der Waals surface area contributed by atoms with Gasteiger partial charge in [-0.1, -0.05) is 19.4 Å². The number of carbonyl (C=O) groups excluding carboxylic acids is 2. The largest absolute Gasteiger partial charge is 0.351 e. The molecule has 1 aromatic heterocycles. The molecule has 7 heteroatoms. The topological polar surface area (TPSA) is 71.1 Å². The van der Waals surface area contributed by atoms with Crippen LogP contribution in [0.15, 0.2) is 29.6 Å². The maximum absolute atomic E-state index is 13.1. The Kier molecular flexibility index (Phi) is 5.60. The van der Waals surface area contributed by atoms with E-state index >= 15 is 0 Å². The van der Waals surface area contributed by atoms with Crippen LogP contribution in [0.1, 0.15) is 40.6 Å². The predicted octanol–water partition coefficient (Wildman–Crippen LogP) is 3.06. The SMILES string of the molecule is CCCCNC(=O)c1csc(NC(=O)c2cccc(F)c2)n1. The number of hydrogen-bond acceptors (Lipinski definition) is 4. The van der Waals surface area contributed by atoms with Gasteiger partial charge in [0.15, 0.2) is 5.13 Å². The highest BCUT2D eigenvalue weighted by molar-refractivity contribution is 7.14. The molecule has 2 amide bonds. The van der Waals surface area contributed by atoms with Crippen LogP contribution in [0.25, 0.3) is 0 Å². The molecule has 0 aliphatic rings. The Hall–Kier alpha value is -2.28. The fourth-order valence-electron chi connectivity index (χ4n) is 1.70. The normalized spacial score (nSPS) is 10.3. The summed E-state index contributed by atoms with van der Waals surface area (Å²) in [6.45, 7) is 2.63. The third-order valence-electron chi connectivity index (χ3n) is 2.86. The fourth-order valence-corrected chi connectivity index (χ4v) is 2.39. The first-order valence-electron chi connectivity index (χ1n) is 6.90. The van der Waals surface area contributed by atoms with Gasteiger partial charge in [-0.2, -0.15) is 0 Å². The van der Waals surface area contributed by atoms with Gasteiger partial charge in [0.05, 0.1) is 0 Å². The van der Waals surface area contributed by atoms with Crippen LogP contribution in [-0.2, 0) is 0 Å². The number of halogens is 1. The highest BCUT2D eigenvalue weighted by Gasteiger charge is 2.13. The van der Waals surface area contributed by atoms with Crippen molar-refractivity contribution in [1.82, 2.24) is 10.3 Å². The average molecular weight is 321 g/mol. The Bertz CT molecular complexity index is 672. The van der Waals surface area contributed by atoms with Gasteiger partial charge in [0, 0.05) is 17.5 Å². The Morgan fingerprint density at radius 2 is 2.14 bits per heavy atom. The van der Waals surface area contributed by atoms with E-state index in [0.717, 1.165) is 30.2 Å². The summed E-state index contributed by atoms with van der Waals surface area (Å²) in [4.78, 5) is 27.8. The predicted molar refractivity (Wildman–Crippen MR) is 83.7 cm³/mol. The minimum atomic E-state index is -0.484. The molecule has 116 valence electrons. The van der Waals surface area contributed by atoms with Crippen molar-refractivity contribution in [1.29, 1.82) is 0 Å². The van der Waals surface area contributed by atoms with E-state index < -0.39 is 11.7 Å². The molecule has 0 fully saturated rings. The van der Waals surface area contributed by atoms with Crippen molar-refractivity contribution in [2.24, 2.45) is 0 Å². The summed E-state index contributed by atoms with van der Waals surface area (Å²) in [5.41, 5.74) is 0.458. The maximum atomic E-state index is 13.1. The molecule has 0 aliphatic carbocycles. The second-order valence-corrected chi connectivity index (χ2v) is 5.47. The van der Waals surface area contributed by atoms with Crippen LogP contribution in [-0.4, -0.2) is 23.3 Å². The summed E-state index contributed by atoms with van der Waals surface area (Å²) in [5, 5.41) is 7.17. The van der Waals surface area contributed by atoms with E-state index in [2.05, 4.69) is 15.6 Å². The molecule has 2 rings (SSSR count). The fraction of sp³-hybridized carbons (Fsp3) is 0.267. The second kappa shape index (κ2) is 7.65. The van der Waals surface area contributed by atoms with Crippen molar-refractivity contribution in [3.63, 3.8) is 0 Å². The molecule has 22 heavy (non-hydrogen) atoms. The number of unbranched alkanes of at least 4 members (excludes halogenated alkanes) is 1. The molecule has 0 unspecified atom stereocenters. The van der Waals surface area contributed by atoms with Crippen molar-refractivity contribution in [2.75, 3.05) is 11.9 Å². The zero-order chi connectivity index (χ0) is 15.9. The summed E-state index contributed by atoms with van der Waals surface area (Å²) in [7, 11) is 0. The molecule has 1 aromatic carbocycles. The van der Waals surface area contributed by atoms with Crippen molar-refractivity contribution in [3.8, 4) is 0 Å². The number of hydrogen-bond donors (Lipinski definition) is 2. The van der Waals surface area contributed by atoms with Crippen LogP contribution in [0.4, 0.5) is 9.52 Å². The van der Waals surface area contributed by atoms with Crippen LogP contribution in [0, 0.1) is 5.82 Å². The molecule has 0 saturated carbocycles. The molecular formula is C15H16FN3O2S. The number of anilines is 1. The summed E-state index contributed by atoms with van der Waals surface area (Å²) >= 11 is 1.15. The Labute approximate surface area is 131 Å². The van der Waals surface area contributed by atoms with Crippen molar-refractivity contribution < 1.29 is 14.0 Å². The molecule has 1 heterocycles. The summed E-state index contributed by atoms with van der Waals surface area (Å²) in [6.07, 6.45) is 1.89. The Morgan fingerprint density at radius 1 is 1.32 bits per heavy atom. The van der Waals surface area contributed by atoms with Crippen LogP contribution in [0.2, 0.25) is 0 Å². The first kappa shape index (κ1) is 16.1. The summed E-state index contributed by atoms with van der Waals surface area (Å²) in [6, 6.07) is 5.36. The molecular weight excluding hydrogens is 305 g/mol. The number of carbonyl (C=O) groups is 2. The highest BCUT2D eigenvalue weighted by atomic mass is 32.1. The van der Waals surface area contributed by atoms with E-state index in [1.54, 1.807) is 5.38 Å². The van der Waals surface area contributed by atoms with Gasteiger partial charge in [-0.3, -0.25) is 14.9 Å². The molecule has 0 spiro atoms. The molecule has 0 radical (unpaired) electrons. The molecule has 2 aromatic rings. The van der Waals surface area contributed by atoms with Gasteiger partial charge in [0.1, 0.15) is 11.5 Å². The van der Waals surface area contributed by atoms with Crippen LogP contribution < -0.4 is 10.6 Å². The van der Waals surface area contributed by atoms with E-state index in [4.69, 9.17) is 0 Å². The monoisotopic (exact) mass is 321 g/mol. The number of nitrogens with one attached hydrogen (secondary N) is 2. The number of nitrogens with zero attached hydrogens (tertiary/aromatic N) is 1. The molecule has 0 atom stereocenters. The van der Waals surface area contributed by atoms with Gasteiger partial charge in [0.2, 0.25) is 0 Å². The summed E-state index contributed by atoms with van der Waals surface area (Å²) < 4.78 is 13.1. The van der Waals surface area contributed by atoms with Gasteiger partial charge in [-0.25, -0.2) is 9.37 Å². The van der Waals surface area contributed by atoms with E-state index in [0.29, 0.717) is 11.7 Å². The lowest BCUT2D eigenvalue weighted by molar-refractivity contribution is 0.0947. The van der Waals surface area contributed by atoms with E-state index in [1.807, 2.05) is 6.92 Å². The number of rotatable bonds is 6. The van der Waals surface area contributed by atoms with Gasteiger partial charge < -0.3 is 5.32 Å². The number of amides is 2. The lowest BCUT2D eigenvalue weighted by Crippen LogP contribution is -2.24. The average Bonchev–Trinajstić information content (AvgIpc) is 2.96. The first-order chi connectivity index (χ1) is 10.6. The Balaban J connectivity index is 1.97. The minimum Gasteiger partial charge on any atom is -0.351 e. The van der Waals surface area contributed by atoms with E-state index in [9.17, 15) is 14.0 Å². The lowest BCUT2D eigenvalue weighted by Gasteiger charge is -2.02. The third-order valence-corrected chi connectivity index (χ3v) is 3.62. The van der Waals surface area contributed by atoms with E-state index in [1.165, 1.54) is 18.2 Å². The molecule has 0 saturated heterocycles. The minimum absolute atomic E-state index is 0.198. The molecule has 0 aliphatic heterocycles. The molecule has 0 bridgehead atoms. The Morgan fingerprint density at radius 3 is 2.86 bits per heavy atom. The number of aromatic nitrogens is 1. The number of benzene rings is 1. The van der Waals surface area contributed by atoms with Crippen molar-refractivity contribution in [2.45, 2.75) is 19.8 Å². The van der Waals surface area contributed by atoms with Crippen LogP contribution in [0.3, 0.4) is 0 Å². The van der Waals surface area contributed by atoms with Crippen molar-refractivity contribution in [3.05, 3.63) is 46.7 Å². The first-order valence-corrected chi connectivity index (χ1v) is 7.78. The zero-order valence-corrected chi connectivity index (χ0v) is 12.9. The summed E-state index contributed by atoms with van der Waals surface area (Å²) in [5.74, 6) is -1.22. The van der Waals surface area contributed by atoms with Gasteiger partial charge in [-0.15, -0.1) is 11.3 Å². The third kappa shape index (κ3) is 4.36. The smallest absolute Gasteiger partial charge is 0.270 e. The second-order valence-electron chi connectivity index (χ2n) is 4.61. The van der Waals surface area contributed by atoms with Crippen LogP contribution >= 0.6 is 11.3 Å². The highest BCUT2D eigenvalue weighted by Crippen LogP contribution is 2.16. The lowest BCUT2D eigenvalue weighted by atomic mass is 10.2. The van der Waals surface area contributed by atoms with Crippen LogP contribution in [0.5, 0.6) is 0 Å².